The fourth-order valence-corrected chi connectivity index (χ4v) is 1.94. The maximum atomic E-state index is 11.8. The summed E-state index contributed by atoms with van der Waals surface area (Å²) in [4.78, 5) is 19.4. The fourth-order valence-electron chi connectivity index (χ4n) is 1.94. The highest BCUT2D eigenvalue weighted by Crippen LogP contribution is 2.20. The van der Waals surface area contributed by atoms with Gasteiger partial charge in [-0.15, -0.1) is 0 Å². The Morgan fingerprint density at radius 3 is 2.94 bits per heavy atom. The molecule has 1 amide bonds. The van der Waals surface area contributed by atoms with Gasteiger partial charge in [0.15, 0.2) is 0 Å². The summed E-state index contributed by atoms with van der Waals surface area (Å²) in [6, 6.07) is 3.64. The van der Waals surface area contributed by atoms with Crippen LogP contribution in [0.1, 0.15) is 16.9 Å². The van der Waals surface area contributed by atoms with Crippen LogP contribution in [0.25, 0.3) is 0 Å². The molecule has 5 heteroatoms. The number of hydrogen-bond donors (Lipinski definition) is 1. The highest BCUT2D eigenvalue weighted by molar-refractivity contribution is 5.92. The highest BCUT2D eigenvalue weighted by Gasteiger charge is 2.21. The average Bonchev–Trinajstić information content (AvgIpc) is 2.75. The lowest BCUT2D eigenvalue weighted by Crippen LogP contribution is -2.24. The van der Waals surface area contributed by atoms with E-state index < -0.39 is 0 Å². The fraction of sp³-hybridized carbons (Fsp3) is 0.500. The van der Waals surface area contributed by atoms with Crippen LogP contribution in [0.15, 0.2) is 18.3 Å². The molecule has 1 aliphatic rings. The van der Waals surface area contributed by atoms with Crippen LogP contribution in [0.3, 0.4) is 0 Å². The normalized spacial score (nSPS) is 19.5. The molecule has 0 saturated carbocycles. The van der Waals surface area contributed by atoms with Gasteiger partial charge in [-0.25, -0.2) is 0 Å². The number of aromatic nitrogens is 1. The first kappa shape index (κ1) is 11.9. The van der Waals surface area contributed by atoms with Crippen molar-refractivity contribution in [1.82, 2.24) is 9.88 Å². The van der Waals surface area contributed by atoms with Gasteiger partial charge in [0.05, 0.1) is 6.10 Å². The number of aliphatic hydroxyl groups is 1. The van der Waals surface area contributed by atoms with E-state index in [1.165, 1.54) is 4.90 Å². The molecule has 1 atom stereocenters. The van der Waals surface area contributed by atoms with Gasteiger partial charge >= 0.3 is 0 Å². The Balaban J connectivity index is 2.20. The molecule has 0 spiro atoms. The van der Waals surface area contributed by atoms with Crippen molar-refractivity contribution >= 4 is 11.6 Å². The summed E-state index contributed by atoms with van der Waals surface area (Å²) in [5.74, 6) is -0.105. The molecule has 1 unspecified atom stereocenters. The molecule has 2 rings (SSSR count). The maximum absolute atomic E-state index is 11.8. The van der Waals surface area contributed by atoms with Crippen molar-refractivity contribution in [3.8, 4) is 0 Å². The third-order valence-electron chi connectivity index (χ3n) is 2.90. The Bertz CT molecular complexity index is 420. The summed E-state index contributed by atoms with van der Waals surface area (Å²) >= 11 is 0. The van der Waals surface area contributed by atoms with Gasteiger partial charge in [0.25, 0.3) is 5.91 Å². The van der Waals surface area contributed by atoms with E-state index in [-0.39, 0.29) is 12.0 Å². The van der Waals surface area contributed by atoms with Gasteiger partial charge in [0.2, 0.25) is 0 Å². The standard InChI is InChI=1S/C12H17N3O2/c1-14(2)12(17)11-7-9(3-5-13-11)15-6-4-10(16)8-15/h3,5,7,10,16H,4,6,8H2,1-2H3. The van der Waals surface area contributed by atoms with E-state index in [1.807, 2.05) is 6.07 Å². The molecule has 2 heterocycles. The molecule has 1 saturated heterocycles. The molecule has 1 aromatic heterocycles. The van der Waals surface area contributed by atoms with Crippen molar-refractivity contribution in [1.29, 1.82) is 0 Å². The highest BCUT2D eigenvalue weighted by atomic mass is 16.3. The summed E-state index contributed by atoms with van der Waals surface area (Å²) in [6.45, 7) is 1.44. The molecule has 92 valence electrons. The van der Waals surface area contributed by atoms with Gasteiger partial charge < -0.3 is 14.9 Å². The summed E-state index contributed by atoms with van der Waals surface area (Å²) < 4.78 is 0. The van der Waals surface area contributed by atoms with Crippen molar-refractivity contribution in [3.63, 3.8) is 0 Å². The number of nitrogens with zero attached hydrogens (tertiary/aromatic N) is 3. The Hall–Kier alpha value is -1.62. The van der Waals surface area contributed by atoms with Crippen LogP contribution in [0.4, 0.5) is 5.69 Å². The largest absolute Gasteiger partial charge is 0.391 e. The van der Waals surface area contributed by atoms with Gasteiger partial charge in [-0.1, -0.05) is 0 Å². The molecular formula is C12H17N3O2. The molecule has 1 aliphatic heterocycles. The summed E-state index contributed by atoms with van der Waals surface area (Å²) in [5, 5.41) is 9.50. The number of aliphatic hydroxyl groups excluding tert-OH is 1. The first-order valence-electron chi connectivity index (χ1n) is 5.68. The number of anilines is 1. The van der Waals surface area contributed by atoms with Crippen LogP contribution in [-0.4, -0.2) is 54.2 Å². The lowest BCUT2D eigenvalue weighted by atomic mass is 10.2. The molecular weight excluding hydrogens is 218 g/mol. The van der Waals surface area contributed by atoms with Crippen molar-refractivity contribution in [2.75, 3.05) is 32.1 Å². The van der Waals surface area contributed by atoms with E-state index in [2.05, 4.69) is 9.88 Å². The topological polar surface area (TPSA) is 56.7 Å². The van der Waals surface area contributed by atoms with E-state index in [0.717, 1.165) is 18.7 Å². The molecule has 17 heavy (non-hydrogen) atoms. The molecule has 5 nitrogen and oxygen atoms in total. The molecule has 0 bridgehead atoms. The Labute approximate surface area is 101 Å². The van der Waals surface area contributed by atoms with Gasteiger partial charge in [-0.2, -0.15) is 0 Å². The van der Waals surface area contributed by atoms with E-state index >= 15 is 0 Å². The minimum Gasteiger partial charge on any atom is -0.391 e. The van der Waals surface area contributed by atoms with Gasteiger partial charge in [-0.05, 0) is 18.6 Å². The van der Waals surface area contributed by atoms with Crippen LogP contribution in [0, 0.1) is 0 Å². The second-order valence-electron chi connectivity index (χ2n) is 4.49. The van der Waals surface area contributed by atoms with Crippen molar-refractivity contribution in [2.24, 2.45) is 0 Å². The van der Waals surface area contributed by atoms with E-state index in [4.69, 9.17) is 0 Å². The third kappa shape index (κ3) is 2.55. The third-order valence-corrected chi connectivity index (χ3v) is 2.90. The van der Waals surface area contributed by atoms with Crippen LogP contribution in [0.5, 0.6) is 0 Å². The second kappa shape index (κ2) is 4.71. The van der Waals surface area contributed by atoms with E-state index in [9.17, 15) is 9.90 Å². The van der Waals surface area contributed by atoms with Crippen molar-refractivity contribution in [2.45, 2.75) is 12.5 Å². The minimum absolute atomic E-state index is 0.105. The number of pyridine rings is 1. The first-order chi connectivity index (χ1) is 8.08. The van der Waals surface area contributed by atoms with Gasteiger partial charge in [0.1, 0.15) is 5.69 Å². The zero-order chi connectivity index (χ0) is 12.4. The number of rotatable bonds is 2. The van der Waals surface area contributed by atoms with Crippen LogP contribution >= 0.6 is 0 Å². The molecule has 1 aromatic rings. The Morgan fingerprint density at radius 2 is 2.35 bits per heavy atom. The molecule has 0 aromatic carbocycles. The first-order valence-corrected chi connectivity index (χ1v) is 5.68. The minimum atomic E-state index is -0.267. The zero-order valence-electron chi connectivity index (χ0n) is 10.1. The summed E-state index contributed by atoms with van der Waals surface area (Å²) in [5.41, 5.74) is 1.38. The maximum Gasteiger partial charge on any atom is 0.272 e. The van der Waals surface area contributed by atoms with Crippen LogP contribution in [-0.2, 0) is 0 Å². The van der Waals surface area contributed by atoms with E-state index in [1.54, 1.807) is 26.4 Å². The SMILES string of the molecule is CN(C)C(=O)c1cc(N2CCC(O)C2)ccn1. The molecule has 1 fully saturated rings. The monoisotopic (exact) mass is 235 g/mol. The van der Waals surface area contributed by atoms with Crippen molar-refractivity contribution < 1.29 is 9.90 Å². The quantitative estimate of drug-likeness (QED) is 0.804. The lowest BCUT2D eigenvalue weighted by Gasteiger charge is -2.18. The average molecular weight is 235 g/mol. The van der Waals surface area contributed by atoms with Crippen LogP contribution in [0.2, 0.25) is 0 Å². The molecule has 0 aliphatic carbocycles. The number of β-amino-alcohol motifs (C(OH)–C–C–N with tert-alkyl or cyclic N) is 1. The smallest absolute Gasteiger partial charge is 0.272 e. The van der Waals surface area contributed by atoms with Gasteiger partial charge in [0, 0.05) is 39.1 Å². The zero-order valence-corrected chi connectivity index (χ0v) is 10.1. The lowest BCUT2D eigenvalue weighted by molar-refractivity contribution is 0.0822. The number of hydrogen-bond acceptors (Lipinski definition) is 4. The number of amides is 1. The van der Waals surface area contributed by atoms with Gasteiger partial charge in [-0.3, -0.25) is 9.78 Å². The Morgan fingerprint density at radius 1 is 1.59 bits per heavy atom. The Kier molecular flexibility index (Phi) is 3.28. The number of carbonyl (C=O) groups is 1. The second-order valence-corrected chi connectivity index (χ2v) is 4.49. The summed E-state index contributed by atoms with van der Waals surface area (Å²) in [6.07, 6.45) is 2.15. The predicted octanol–water partition coefficient (Wildman–Crippen LogP) is 0.354. The predicted molar refractivity (Wildman–Crippen MR) is 65.1 cm³/mol. The molecule has 1 N–H and O–H groups in total. The van der Waals surface area contributed by atoms with Crippen molar-refractivity contribution in [3.05, 3.63) is 24.0 Å². The molecule has 0 radical (unpaired) electrons. The summed E-state index contributed by atoms with van der Waals surface area (Å²) in [7, 11) is 3.41. The number of carbonyl (C=O) groups excluding carboxylic acids is 1. The van der Waals surface area contributed by atoms with Crippen LogP contribution < -0.4 is 4.90 Å². The van der Waals surface area contributed by atoms with E-state index in [0.29, 0.717) is 12.2 Å².